The zero-order valence-corrected chi connectivity index (χ0v) is 14.4. The van der Waals surface area contributed by atoms with Crippen molar-refractivity contribution in [1.82, 2.24) is 15.1 Å². The first-order valence-electron chi connectivity index (χ1n) is 8.50. The fraction of sp³-hybridized carbons (Fsp3) is 0.500. The summed E-state index contributed by atoms with van der Waals surface area (Å²) in [5.74, 6) is -0.585. The van der Waals surface area contributed by atoms with Crippen LogP contribution in [0.3, 0.4) is 0 Å². The van der Waals surface area contributed by atoms with Crippen molar-refractivity contribution in [1.29, 1.82) is 0 Å². The van der Waals surface area contributed by atoms with Gasteiger partial charge in [0.05, 0.1) is 6.42 Å². The maximum atomic E-state index is 12.9. The van der Waals surface area contributed by atoms with E-state index in [2.05, 4.69) is 5.32 Å². The number of amides is 4. The van der Waals surface area contributed by atoms with Crippen molar-refractivity contribution in [3.8, 4) is 0 Å². The first kappa shape index (κ1) is 17.4. The Morgan fingerprint density at radius 2 is 1.80 bits per heavy atom. The summed E-state index contributed by atoms with van der Waals surface area (Å²) in [6, 6.07) is 5.32. The molecule has 134 valence electrons. The summed E-state index contributed by atoms with van der Waals surface area (Å²) in [5, 5.41) is 2.82. The number of hydrogen-bond acceptors (Lipinski definition) is 3. The van der Waals surface area contributed by atoms with Gasteiger partial charge in [-0.3, -0.25) is 14.5 Å². The highest BCUT2D eigenvalue weighted by atomic mass is 19.1. The van der Waals surface area contributed by atoms with Crippen molar-refractivity contribution < 1.29 is 18.8 Å². The highest BCUT2D eigenvalue weighted by molar-refractivity contribution is 6.07. The lowest BCUT2D eigenvalue weighted by Gasteiger charge is -2.37. The molecule has 0 aromatic heterocycles. The topological polar surface area (TPSA) is 69.7 Å². The number of nitrogens with zero attached hydrogens (tertiary/aromatic N) is 2. The Labute approximate surface area is 146 Å². The highest BCUT2D eigenvalue weighted by Gasteiger charge is 2.53. The molecule has 1 N–H and O–H groups in total. The number of nitrogens with one attached hydrogen (secondary N) is 1. The standard InChI is InChI=1S/C18H22FN3O3/c1-12(2)22-16(24)18(20-17(22)25)7-9-21(10-8-18)15(23)11-13-3-5-14(19)6-4-13/h3-6,12H,7-11H2,1-2H3,(H,20,25). The summed E-state index contributed by atoms with van der Waals surface area (Å²) in [4.78, 5) is 40.1. The molecule has 3 rings (SSSR count). The minimum Gasteiger partial charge on any atom is -0.342 e. The molecule has 6 nitrogen and oxygen atoms in total. The molecule has 0 aliphatic carbocycles. The monoisotopic (exact) mass is 347 g/mol. The first-order chi connectivity index (χ1) is 11.8. The molecule has 25 heavy (non-hydrogen) atoms. The van der Waals surface area contributed by atoms with Crippen LogP contribution < -0.4 is 5.32 Å². The van der Waals surface area contributed by atoms with E-state index in [0.29, 0.717) is 25.9 Å². The molecule has 0 unspecified atom stereocenters. The molecule has 0 saturated carbocycles. The molecule has 2 aliphatic rings. The van der Waals surface area contributed by atoms with Crippen LogP contribution in [0.1, 0.15) is 32.3 Å². The normalized spacial score (nSPS) is 19.7. The number of carbonyl (C=O) groups excluding carboxylic acids is 3. The lowest BCUT2D eigenvalue weighted by molar-refractivity contribution is -0.138. The van der Waals surface area contributed by atoms with E-state index in [9.17, 15) is 18.8 Å². The van der Waals surface area contributed by atoms with Crippen molar-refractivity contribution in [3.63, 3.8) is 0 Å². The van der Waals surface area contributed by atoms with Crippen molar-refractivity contribution >= 4 is 17.8 Å². The lowest BCUT2D eigenvalue weighted by Crippen LogP contribution is -2.56. The van der Waals surface area contributed by atoms with Crippen LogP contribution in [0.2, 0.25) is 0 Å². The zero-order valence-electron chi connectivity index (χ0n) is 14.4. The van der Waals surface area contributed by atoms with Gasteiger partial charge in [0.2, 0.25) is 5.91 Å². The zero-order chi connectivity index (χ0) is 18.2. The first-order valence-corrected chi connectivity index (χ1v) is 8.50. The van der Waals surface area contributed by atoms with Crippen molar-refractivity contribution in [2.24, 2.45) is 0 Å². The second-order valence-corrected chi connectivity index (χ2v) is 6.97. The van der Waals surface area contributed by atoms with Gasteiger partial charge < -0.3 is 10.2 Å². The van der Waals surface area contributed by atoms with Gasteiger partial charge in [-0.25, -0.2) is 9.18 Å². The third kappa shape index (κ3) is 3.23. The Balaban J connectivity index is 1.62. The van der Waals surface area contributed by atoms with E-state index in [1.807, 2.05) is 0 Å². The van der Waals surface area contributed by atoms with Crippen molar-refractivity contribution in [3.05, 3.63) is 35.6 Å². The van der Waals surface area contributed by atoms with E-state index in [4.69, 9.17) is 0 Å². The van der Waals surface area contributed by atoms with Crippen LogP contribution in [-0.2, 0) is 16.0 Å². The summed E-state index contributed by atoms with van der Waals surface area (Å²) in [6.45, 7) is 4.44. The lowest BCUT2D eigenvalue weighted by atomic mass is 9.87. The third-order valence-electron chi connectivity index (χ3n) is 4.95. The van der Waals surface area contributed by atoms with Crippen LogP contribution in [0.4, 0.5) is 9.18 Å². The predicted octanol–water partition coefficient (Wildman–Crippen LogP) is 1.69. The van der Waals surface area contributed by atoms with E-state index < -0.39 is 5.54 Å². The van der Waals surface area contributed by atoms with Gasteiger partial charge in [0.25, 0.3) is 5.91 Å². The number of hydrogen-bond donors (Lipinski definition) is 1. The summed E-state index contributed by atoms with van der Waals surface area (Å²) in [5.41, 5.74) is -0.128. The van der Waals surface area contributed by atoms with Gasteiger partial charge in [-0.15, -0.1) is 0 Å². The summed E-state index contributed by atoms with van der Waals surface area (Å²) >= 11 is 0. The number of halogens is 1. The molecule has 7 heteroatoms. The predicted molar refractivity (Wildman–Crippen MR) is 89.2 cm³/mol. The van der Waals surface area contributed by atoms with E-state index in [1.165, 1.54) is 17.0 Å². The van der Waals surface area contributed by atoms with Crippen LogP contribution in [0, 0.1) is 5.82 Å². The number of piperidine rings is 1. The third-order valence-corrected chi connectivity index (χ3v) is 4.95. The largest absolute Gasteiger partial charge is 0.342 e. The van der Waals surface area contributed by atoms with Crippen LogP contribution >= 0.6 is 0 Å². The molecule has 2 aliphatic heterocycles. The van der Waals surface area contributed by atoms with E-state index >= 15 is 0 Å². The molecule has 0 bridgehead atoms. The number of benzene rings is 1. The molecule has 2 heterocycles. The van der Waals surface area contributed by atoms with Gasteiger partial charge in [0.15, 0.2) is 0 Å². The minimum absolute atomic E-state index is 0.0565. The Bertz CT molecular complexity index is 694. The van der Waals surface area contributed by atoms with E-state index in [-0.39, 0.29) is 36.1 Å². The molecule has 1 aromatic carbocycles. The second kappa shape index (κ2) is 6.46. The molecular weight excluding hydrogens is 325 g/mol. The maximum absolute atomic E-state index is 12.9. The quantitative estimate of drug-likeness (QED) is 0.846. The van der Waals surface area contributed by atoms with Gasteiger partial charge >= 0.3 is 6.03 Å². The van der Waals surface area contributed by atoms with E-state index in [1.54, 1.807) is 30.9 Å². The number of rotatable bonds is 3. The van der Waals surface area contributed by atoms with Crippen LogP contribution in [0.15, 0.2) is 24.3 Å². The molecule has 4 amide bonds. The average molecular weight is 347 g/mol. The number of carbonyl (C=O) groups is 3. The number of imide groups is 1. The SMILES string of the molecule is CC(C)N1C(=O)NC2(CCN(C(=O)Cc3ccc(F)cc3)CC2)C1=O. The maximum Gasteiger partial charge on any atom is 0.325 e. The molecule has 0 atom stereocenters. The molecular formula is C18H22FN3O3. The van der Waals surface area contributed by atoms with Crippen LogP contribution in [0.25, 0.3) is 0 Å². The number of urea groups is 1. The van der Waals surface area contributed by atoms with Crippen molar-refractivity contribution in [2.45, 2.75) is 44.7 Å². The Hall–Kier alpha value is -2.44. The van der Waals surface area contributed by atoms with Gasteiger partial charge in [-0.2, -0.15) is 0 Å². The second-order valence-electron chi connectivity index (χ2n) is 6.97. The summed E-state index contributed by atoms with van der Waals surface area (Å²) in [6.07, 6.45) is 1.03. The van der Waals surface area contributed by atoms with Crippen LogP contribution in [0.5, 0.6) is 0 Å². The Morgan fingerprint density at radius 1 is 1.20 bits per heavy atom. The van der Waals surface area contributed by atoms with Gasteiger partial charge in [-0.05, 0) is 44.4 Å². The Morgan fingerprint density at radius 3 is 2.32 bits per heavy atom. The molecule has 2 saturated heterocycles. The molecule has 2 fully saturated rings. The van der Waals surface area contributed by atoms with Gasteiger partial charge in [0.1, 0.15) is 11.4 Å². The van der Waals surface area contributed by atoms with E-state index in [0.717, 1.165) is 5.56 Å². The van der Waals surface area contributed by atoms with Crippen LogP contribution in [-0.4, -0.2) is 52.3 Å². The summed E-state index contributed by atoms with van der Waals surface area (Å²) in [7, 11) is 0. The Kier molecular flexibility index (Phi) is 4.49. The van der Waals surface area contributed by atoms with Crippen molar-refractivity contribution in [2.75, 3.05) is 13.1 Å². The number of likely N-dealkylation sites (tertiary alicyclic amines) is 1. The average Bonchev–Trinajstić information content (AvgIpc) is 2.80. The molecule has 0 radical (unpaired) electrons. The fourth-order valence-electron chi connectivity index (χ4n) is 3.48. The molecule has 1 aromatic rings. The fourth-order valence-corrected chi connectivity index (χ4v) is 3.48. The minimum atomic E-state index is -0.881. The highest BCUT2D eigenvalue weighted by Crippen LogP contribution is 2.30. The smallest absolute Gasteiger partial charge is 0.325 e. The van der Waals surface area contributed by atoms with Gasteiger partial charge in [0, 0.05) is 19.1 Å². The van der Waals surface area contributed by atoms with Gasteiger partial charge in [-0.1, -0.05) is 12.1 Å². The molecule has 1 spiro atoms. The summed E-state index contributed by atoms with van der Waals surface area (Å²) < 4.78 is 12.9.